The van der Waals surface area contributed by atoms with Gasteiger partial charge in [-0.2, -0.15) is 0 Å². The van der Waals surface area contributed by atoms with E-state index < -0.39 is 18.5 Å². The number of carboxylic acids is 1. The SMILES string of the molecule is NCC1COC(CC(=O)N2CC(Oc3ccc4c(c3C(=O)O)O[B-](O)(O)[C@@H]3C[C@H]43)C2)CN1. The number of nitrogens with zero attached hydrogens (tertiary/aromatic N) is 1. The zero-order chi connectivity index (χ0) is 22.6. The van der Waals surface area contributed by atoms with Crippen molar-refractivity contribution >= 4 is 18.6 Å². The van der Waals surface area contributed by atoms with Gasteiger partial charge in [-0.3, -0.25) is 4.79 Å². The van der Waals surface area contributed by atoms with Crippen LogP contribution in [-0.4, -0.2) is 89.7 Å². The summed E-state index contributed by atoms with van der Waals surface area (Å²) in [5.41, 5.74) is 6.03. The van der Waals surface area contributed by atoms with Crippen molar-refractivity contribution in [3.05, 3.63) is 23.3 Å². The summed E-state index contributed by atoms with van der Waals surface area (Å²) in [7, 11) is 0. The molecule has 4 atom stereocenters. The van der Waals surface area contributed by atoms with Crippen molar-refractivity contribution in [3.63, 3.8) is 0 Å². The van der Waals surface area contributed by atoms with E-state index >= 15 is 0 Å². The fourth-order valence-corrected chi connectivity index (χ4v) is 4.78. The van der Waals surface area contributed by atoms with Crippen molar-refractivity contribution in [3.8, 4) is 11.5 Å². The number of carbonyl (C=O) groups excluding carboxylic acids is 1. The van der Waals surface area contributed by atoms with E-state index in [2.05, 4.69) is 5.32 Å². The number of carboxylic acid groups (broad SMARTS) is 1. The number of carbonyl (C=O) groups is 2. The number of morpholine rings is 1. The van der Waals surface area contributed by atoms with Gasteiger partial charge in [0.2, 0.25) is 5.91 Å². The quantitative estimate of drug-likeness (QED) is 0.336. The number of benzene rings is 1. The molecular weight excluding hydrogens is 421 g/mol. The van der Waals surface area contributed by atoms with Crippen molar-refractivity contribution in [2.75, 3.05) is 32.8 Å². The first kappa shape index (κ1) is 21.5. The average molecular weight is 448 g/mol. The molecule has 0 aromatic heterocycles. The second kappa shape index (κ2) is 7.89. The summed E-state index contributed by atoms with van der Waals surface area (Å²) in [6.45, 7) is -0.898. The van der Waals surface area contributed by atoms with Gasteiger partial charge >= 0.3 is 12.7 Å². The van der Waals surface area contributed by atoms with Crippen molar-refractivity contribution in [2.45, 2.75) is 42.8 Å². The topological polar surface area (TPSA) is 164 Å². The third-order valence-electron chi connectivity index (χ3n) is 6.80. The zero-order valence-corrected chi connectivity index (χ0v) is 17.5. The lowest BCUT2D eigenvalue weighted by Crippen LogP contribution is -2.58. The van der Waals surface area contributed by atoms with Crippen molar-refractivity contribution in [1.82, 2.24) is 10.2 Å². The monoisotopic (exact) mass is 448 g/mol. The van der Waals surface area contributed by atoms with Crippen LogP contribution in [0.3, 0.4) is 0 Å². The first-order valence-electron chi connectivity index (χ1n) is 10.9. The number of nitrogens with one attached hydrogen (secondary N) is 1. The summed E-state index contributed by atoms with van der Waals surface area (Å²) < 4.78 is 16.9. The van der Waals surface area contributed by atoms with Gasteiger partial charge in [0.1, 0.15) is 17.4 Å². The van der Waals surface area contributed by atoms with Crippen LogP contribution in [0.4, 0.5) is 0 Å². The molecule has 1 aromatic carbocycles. The molecule has 6 N–H and O–H groups in total. The van der Waals surface area contributed by atoms with E-state index in [0.717, 1.165) is 0 Å². The molecular formula is C20H27BN3O8-. The van der Waals surface area contributed by atoms with Gasteiger partial charge in [0.25, 0.3) is 0 Å². The van der Waals surface area contributed by atoms with Gasteiger partial charge in [-0.25, -0.2) is 4.79 Å². The second-order valence-electron chi connectivity index (χ2n) is 9.09. The Kier molecular flexibility index (Phi) is 5.29. The van der Waals surface area contributed by atoms with Gasteiger partial charge in [0, 0.05) is 19.1 Å². The molecule has 3 aliphatic heterocycles. The van der Waals surface area contributed by atoms with E-state index in [0.29, 0.717) is 44.8 Å². The van der Waals surface area contributed by atoms with Gasteiger partial charge < -0.3 is 45.2 Å². The Labute approximate surface area is 184 Å². The molecule has 3 fully saturated rings. The molecule has 1 saturated carbocycles. The predicted octanol–water partition coefficient (Wildman–Crippen LogP) is -1.15. The van der Waals surface area contributed by atoms with E-state index in [1.54, 1.807) is 17.0 Å². The van der Waals surface area contributed by atoms with Crippen LogP contribution in [-0.2, 0) is 9.53 Å². The Bertz CT molecular complexity index is 930. The minimum Gasteiger partial charge on any atom is -0.669 e. The highest BCUT2D eigenvalue weighted by Gasteiger charge is 2.55. The maximum atomic E-state index is 12.5. The number of amides is 1. The van der Waals surface area contributed by atoms with E-state index in [9.17, 15) is 24.7 Å². The summed E-state index contributed by atoms with van der Waals surface area (Å²) in [6, 6.07) is 3.41. The van der Waals surface area contributed by atoms with Crippen molar-refractivity contribution in [2.24, 2.45) is 5.73 Å². The molecule has 11 nitrogen and oxygen atoms in total. The molecule has 1 amide bonds. The minimum absolute atomic E-state index is 0.0382. The molecule has 0 radical (unpaired) electrons. The highest BCUT2D eigenvalue weighted by atomic mass is 16.6. The van der Waals surface area contributed by atoms with Crippen LogP contribution < -0.4 is 20.4 Å². The lowest BCUT2D eigenvalue weighted by Gasteiger charge is -2.41. The Morgan fingerprint density at radius 2 is 2.09 bits per heavy atom. The van der Waals surface area contributed by atoms with Crippen molar-refractivity contribution < 1.29 is 38.9 Å². The summed E-state index contributed by atoms with van der Waals surface area (Å²) in [4.78, 5) is 26.1. The molecule has 1 aliphatic carbocycles. The smallest absolute Gasteiger partial charge is 0.434 e. The Morgan fingerprint density at radius 3 is 2.75 bits per heavy atom. The maximum Gasteiger partial charge on any atom is 0.434 e. The van der Waals surface area contributed by atoms with E-state index in [1.807, 2.05) is 0 Å². The maximum absolute atomic E-state index is 12.5. The van der Waals surface area contributed by atoms with Gasteiger partial charge in [-0.05, 0) is 17.5 Å². The highest BCUT2D eigenvalue weighted by Crippen LogP contribution is 2.63. The lowest BCUT2D eigenvalue weighted by molar-refractivity contribution is -0.143. The molecule has 4 aliphatic rings. The molecule has 1 aromatic rings. The van der Waals surface area contributed by atoms with Gasteiger partial charge in [0.15, 0.2) is 0 Å². The molecule has 2 saturated heterocycles. The number of rotatable bonds is 6. The molecule has 5 rings (SSSR count). The van der Waals surface area contributed by atoms with Crippen LogP contribution in [0.1, 0.15) is 34.7 Å². The van der Waals surface area contributed by atoms with Gasteiger partial charge in [-0.1, -0.05) is 18.3 Å². The molecule has 32 heavy (non-hydrogen) atoms. The van der Waals surface area contributed by atoms with Gasteiger partial charge in [-0.15, -0.1) is 0 Å². The summed E-state index contributed by atoms with van der Waals surface area (Å²) in [6.07, 6.45) is 0.237. The van der Waals surface area contributed by atoms with E-state index in [4.69, 9.17) is 19.9 Å². The molecule has 2 unspecified atom stereocenters. The normalized spacial score (nSPS) is 30.4. The standard InChI is InChI=1S/C20H27BN3O8/c22-5-10-9-30-11(6-23-10)3-17(25)24-7-12(8-24)31-16-2-1-13-14-4-15(14)21(28,29)32-19(13)18(16)20(26)27/h1-2,10-12,14-15,23,28-29H,3-9,22H2,(H,26,27)/q-1/t10?,11?,14-,15-/m1/s1. The van der Waals surface area contributed by atoms with E-state index in [1.165, 1.54) is 0 Å². The molecule has 0 bridgehead atoms. The predicted molar refractivity (Wildman–Crippen MR) is 112 cm³/mol. The summed E-state index contributed by atoms with van der Waals surface area (Å²) in [5, 5.41) is 33.2. The van der Waals surface area contributed by atoms with Crippen LogP contribution in [0.2, 0.25) is 5.82 Å². The van der Waals surface area contributed by atoms with Crippen LogP contribution in [0.25, 0.3) is 0 Å². The second-order valence-corrected chi connectivity index (χ2v) is 9.09. The summed E-state index contributed by atoms with van der Waals surface area (Å²) >= 11 is 0. The minimum atomic E-state index is -3.09. The largest absolute Gasteiger partial charge is 0.669 e. The Morgan fingerprint density at radius 1 is 1.31 bits per heavy atom. The van der Waals surface area contributed by atoms with Crippen LogP contribution in [0.5, 0.6) is 11.5 Å². The number of hydrogen-bond donors (Lipinski definition) is 5. The molecule has 12 heteroatoms. The first-order chi connectivity index (χ1) is 15.3. The number of likely N-dealkylation sites (tertiary alicyclic amines) is 1. The Hall–Kier alpha value is -2.38. The summed E-state index contributed by atoms with van der Waals surface area (Å²) in [5.74, 6) is -1.79. The van der Waals surface area contributed by atoms with Crippen molar-refractivity contribution in [1.29, 1.82) is 0 Å². The van der Waals surface area contributed by atoms with Crippen LogP contribution in [0.15, 0.2) is 12.1 Å². The first-order valence-corrected chi connectivity index (χ1v) is 10.9. The Balaban J connectivity index is 1.20. The number of fused-ring (bicyclic) bond motifs is 3. The average Bonchev–Trinajstić information content (AvgIpc) is 3.52. The number of ether oxygens (including phenoxy) is 2. The number of nitrogens with two attached hydrogens (primary N) is 1. The highest BCUT2D eigenvalue weighted by molar-refractivity contribution is 6.62. The molecule has 3 heterocycles. The fourth-order valence-electron chi connectivity index (χ4n) is 4.78. The van der Waals surface area contributed by atoms with Gasteiger partial charge in [0.05, 0.1) is 38.0 Å². The zero-order valence-electron chi connectivity index (χ0n) is 17.5. The number of hydrogen-bond acceptors (Lipinski definition) is 9. The fraction of sp³-hybridized carbons (Fsp3) is 0.600. The van der Waals surface area contributed by atoms with E-state index in [-0.39, 0.29) is 53.6 Å². The lowest BCUT2D eigenvalue weighted by atomic mass is 9.68. The molecule has 174 valence electrons. The third kappa shape index (κ3) is 3.82. The van der Waals surface area contributed by atoms with Crippen LogP contribution >= 0.6 is 0 Å². The van der Waals surface area contributed by atoms with Crippen LogP contribution in [0, 0.1) is 0 Å². The third-order valence-corrected chi connectivity index (χ3v) is 6.80. The molecule has 0 spiro atoms. The number of aromatic carboxylic acids is 1.